The van der Waals surface area contributed by atoms with E-state index in [4.69, 9.17) is 14.2 Å². The molecule has 1 saturated heterocycles. The Morgan fingerprint density at radius 2 is 1.60 bits per heavy atom. The maximum absolute atomic E-state index is 14.9. The number of hydrogen-bond donors (Lipinski definition) is 2. The Hall–Kier alpha value is -4.24. The molecule has 3 aromatic rings. The molecule has 9 heteroatoms. The summed E-state index contributed by atoms with van der Waals surface area (Å²) in [5.41, 5.74) is 1.00. The van der Waals surface area contributed by atoms with Gasteiger partial charge in [-0.25, -0.2) is 9.18 Å². The number of benzene rings is 3. The number of esters is 1. The van der Waals surface area contributed by atoms with Gasteiger partial charge in [-0.3, -0.25) is 9.59 Å². The van der Waals surface area contributed by atoms with Crippen LogP contribution in [0.4, 0.5) is 4.39 Å². The summed E-state index contributed by atoms with van der Waals surface area (Å²) in [5, 5.41) is 5.92. The van der Waals surface area contributed by atoms with Crippen LogP contribution in [0.1, 0.15) is 71.6 Å². The van der Waals surface area contributed by atoms with Gasteiger partial charge in [-0.2, -0.15) is 0 Å². The fourth-order valence-corrected chi connectivity index (χ4v) is 5.32. The van der Waals surface area contributed by atoms with Gasteiger partial charge in [0.15, 0.2) is 17.7 Å². The molecule has 4 atom stereocenters. The van der Waals surface area contributed by atoms with E-state index in [9.17, 15) is 18.8 Å². The number of rotatable bonds is 12. The number of nitrogens with one attached hydrogen (secondary N) is 2. The third-order valence-electron chi connectivity index (χ3n) is 7.71. The smallest absolute Gasteiger partial charge is 0.338 e. The van der Waals surface area contributed by atoms with Crippen LogP contribution in [0.15, 0.2) is 78.9 Å². The second-order valence-corrected chi connectivity index (χ2v) is 13.0. The highest BCUT2D eigenvalue weighted by Gasteiger charge is 2.48. The molecule has 0 aromatic heterocycles. The van der Waals surface area contributed by atoms with E-state index in [0.29, 0.717) is 24.2 Å². The SMILES string of the molecule is C[C@@H](NC(=O)[C@@H](NC(=O)[C@H](CCCc1ccc(Oc2ccccc2)c(F)c1)[C@@H]1OC(C)(C)OC1=O)C(C)(C)C)c1ccccc1. The van der Waals surface area contributed by atoms with Crippen molar-refractivity contribution in [1.29, 1.82) is 0 Å². The average Bonchev–Trinajstić information content (AvgIpc) is 3.26. The summed E-state index contributed by atoms with van der Waals surface area (Å²) in [5.74, 6) is -3.45. The van der Waals surface area contributed by atoms with Crippen molar-refractivity contribution in [1.82, 2.24) is 10.6 Å². The van der Waals surface area contributed by atoms with E-state index >= 15 is 0 Å². The first-order valence-corrected chi connectivity index (χ1v) is 15.3. The molecule has 1 fully saturated rings. The summed E-state index contributed by atoms with van der Waals surface area (Å²) in [7, 11) is 0. The van der Waals surface area contributed by atoms with Crippen molar-refractivity contribution in [2.75, 3.05) is 0 Å². The third kappa shape index (κ3) is 9.14. The highest BCUT2D eigenvalue weighted by molar-refractivity contribution is 5.92. The Bertz CT molecular complexity index is 1470. The molecule has 45 heavy (non-hydrogen) atoms. The molecule has 4 rings (SSSR count). The summed E-state index contributed by atoms with van der Waals surface area (Å²) in [6, 6.07) is 22.1. The normalized spacial score (nSPS) is 17.9. The van der Waals surface area contributed by atoms with E-state index in [0.717, 1.165) is 5.56 Å². The maximum Gasteiger partial charge on any atom is 0.338 e. The molecule has 0 radical (unpaired) electrons. The predicted molar refractivity (Wildman–Crippen MR) is 169 cm³/mol. The molecule has 3 aromatic carbocycles. The van der Waals surface area contributed by atoms with E-state index in [1.165, 1.54) is 6.07 Å². The second-order valence-electron chi connectivity index (χ2n) is 13.0. The van der Waals surface area contributed by atoms with Crippen molar-refractivity contribution in [3.8, 4) is 11.5 Å². The summed E-state index contributed by atoms with van der Waals surface area (Å²) in [6.07, 6.45) is -0.0217. The maximum atomic E-state index is 14.9. The molecule has 0 unspecified atom stereocenters. The number of carbonyl (C=O) groups excluding carboxylic acids is 3. The number of carbonyl (C=O) groups is 3. The first-order valence-electron chi connectivity index (χ1n) is 15.3. The minimum atomic E-state index is -1.19. The van der Waals surface area contributed by atoms with Crippen LogP contribution in [0.3, 0.4) is 0 Å². The van der Waals surface area contributed by atoms with Crippen LogP contribution in [-0.4, -0.2) is 35.7 Å². The molecule has 1 aliphatic heterocycles. The summed E-state index contributed by atoms with van der Waals surface area (Å²) >= 11 is 0. The summed E-state index contributed by atoms with van der Waals surface area (Å²) in [6.45, 7) is 10.7. The average molecular weight is 619 g/mol. The minimum Gasteiger partial charge on any atom is -0.454 e. The molecule has 0 bridgehead atoms. The number of halogens is 1. The first-order chi connectivity index (χ1) is 21.2. The molecule has 2 amide bonds. The Balaban J connectivity index is 1.46. The van der Waals surface area contributed by atoms with E-state index in [-0.39, 0.29) is 24.1 Å². The lowest BCUT2D eigenvalue weighted by Crippen LogP contribution is -2.56. The standard InChI is InChI=1S/C36H43FN2O6/c1-23(25-15-9-7-10-16-25)38-33(41)31(35(2,3)4)39-32(40)27(30-34(42)45-36(5,6)44-30)19-13-14-24-20-21-29(28(37)22-24)43-26-17-11-8-12-18-26/h7-12,15-18,20-23,27,30-31H,13-14,19H2,1-6H3,(H,38,41)(H,39,40)/t23-,27-,30+,31-/m1/s1. The zero-order valence-corrected chi connectivity index (χ0v) is 26.8. The second kappa shape index (κ2) is 14.2. The number of ether oxygens (including phenoxy) is 3. The number of cyclic esters (lactones) is 1. The van der Waals surface area contributed by atoms with E-state index < -0.39 is 47.0 Å². The van der Waals surface area contributed by atoms with Crippen molar-refractivity contribution < 1.29 is 33.0 Å². The van der Waals surface area contributed by atoms with Gasteiger partial charge in [0, 0.05) is 13.8 Å². The zero-order chi connectivity index (χ0) is 32.8. The van der Waals surface area contributed by atoms with Crippen LogP contribution in [0.25, 0.3) is 0 Å². The lowest BCUT2D eigenvalue weighted by Gasteiger charge is -2.33. The van der Waals surface area contributed by atoms with Gasteiger partial charge in [0.2, 0.25) is 17.6 Å². The molecule has 8 nitrogen and oxygen atoms in total. The predicted octanol–water partition coefficient (Wildman–Crippen LogP) is 6.64. The van der Waals surface area contributed by atoms with Crippen molar-refractivity contribution in [3.05, 3.63) is 95.8 Å². The van der Waals surface area contributed by atoms with E-state index in [1.807, 2.05) is 64.1 Å². The minimum absolute atomic E-state index is 0.111. The highest BCUT2D eigenvalue weighted by Crippen LogP contribution is 2.32. The molecule has 0 aliphatic carbocycles. The van der Waals surface area contributed by atoms with Crippen LogP contribution >= 0.6 is 0 Å². The highest BCUT2D eigenvalue weighted by atomic mass is 19.1. The Kier molecular flexibility index (Phi) is 10.7. The number of aryl methyl sites for hydroxylation is 1. The Morgan fingerprint density at radius 3 is 2.18 bits per heavy atom. The van der Waals surface area contributed by atoms with Crippen molar-refractivity contribution in [3.63, 3.8) is 0 Å². The molecule has 0 saturated carbocycles. The zero-order valence-electron chi connectivity index (χ0n) is 26.8. The molecule has 1 aliphatic rings. The quantitative estimate of drug-likeness (QED) is 0.221. The van der Waals surface area contributed by atoms with Crippen molar-refractivity contribution >= 4 is 17.8 Å². The fourth-order valence-electron chi connectivity index (χ4n) is 5.32. The third-order valence-corrected chi connectivity index (χ3v) is 7.71. The molecular formula is C36H43FN2O6. The summed E-state index contributed by atoms with van der Waals surface area (Å²) < 4.78 is 31.7. The first kappa shape index (κ1) is 33.6. The van der Waals surface area contributed by atoms with Crippen LogP contribution in [0.5, 0.6) is 11.5 Å². The van der Waals surface area contributed by atoms with E-state index in [2.05, 4.69) is 10.6 Å². The van der Waals surface area contributed by atoms with Crippen molar-refractivity contribution in [2.24, 2.45) is 11.3 Å². The van der Waals surface area contributed by atoms with Crippen molar-refractivity contribution in [2.45, 2.75) is 84.8 Å². The van der Waals surface area contributed by atoms with Gasteiger partial charge in [0.05, 0.1) is 12.0 Å². The number of hydrogen-bond acceptors (Lipinski definition) is 6. The molecular weight excluding hydrogens is 575 g/mol. The van der Waals surface area contributed by atoms with E-state index in [1.54, 1.807) is 50.2 Å². The van der Waals surface area contributed by atoms with Crippen LogP contribution in [0.2, 0.25) is 0 Å². The Labute approximate surface area is 264 Å². The van der Waals surface area contributed by atoms with Gasteiger partial charge < -0.3 is 24.8 Å². The largest absolute Gasteiger partial charge is 0.454 e. The number of amides is 2. The molecule has 1 heterocycles. The van der Waals surface area contributed by atoms with Gasteiger partial charge in [0.1, 0.15) is 11.8 Å². The monoisotopic (exact) mass is 618 g/mol. The van der Waals surface area contributed by atoms with Gasteiger partial charge in [-0.15, -0.1) is 0 Å². The lowest BCUT2D eigenvalue weighted by molar-refractivity contribution is -0.162. The fraction of sp³-hybridized carbons (Fsp3) is 0.417. The molecule has 0 spiro atoms. The molecule has 240 valence electrons. The van der Waals surface area contributed by atoms with Gasteiger partial charge >= 0.3 is 5.97 Å². The van der Waals surface area contributed by atoms with Gasteiger partial charge in [0.25, 0.3) is 0 Å². The van der Waals surface area contributed by atoms with Crippen LogP contribution < -0.4 is 15.4 Å². The Morgan fingerprint density at radius 1 is 0.956 bits per heavy atom. The van der Waals surface area contributed by atoms with Crippen LogP contribution in [-0.2, 0) is 30.3 Å². The summed E-state index contributed by atoms with van der Waals surface area (Å²) in [4.78, 5) is 40.2. The lowest BCUT2D eigenvalue weighted by atomic mass is 9.84. The topological polar surface area (TPSA) is 103 Å². The van der Waals surface area contributed by atoms with Gasteiger partial charge in [-0.1, -0.05) is 75.4 Å². The van der Waals surface area contributed by atoms with Gasteiger partial charge in [-0.05, 0) is 67.0 Å². The molecule has 2 N–H and O–H groups in total. The van der Waals surface area contributed by atoms with Crippen LogP contribution in [0, 0.1) is 17.2 Å². The number of para-hydroxylation sites is 1.